The van der Waals surface area contributed by atoms with Crippen molar-refractivity contribution in [1.82, 2.24) is 20.0 Å². The summed E-state index contributed by atoms with van der Waals surface area (Å²) in [6.45, 7) is 2.18. The van der Waals surface area contributed by atoms with Crippen LogP contribution in [0.5, 0.6) is 11.5 Å². The van der Waals surface area contributed by atoms with E-state index < -0.39 is 0 Å². The van der Waals surface area contributed by atoms with Crippen LogP contribution in [0.25, 0.3) is 11.1 Å². The average molecular weight is 466 g/mol. The predicted molar refractivity (Wildman–Crippen MR) is 130 cm³/mol. The highest BCUT2D eigenvalue weighted by Crippen LogP contribution is 2.33. The first-order chi connectivity index (χ1) is 16.6. The number of aliphatic hydroxyl groups is 1. The third-order valence-electron chi connectivity index (χ3n) is 5.86. The van der Waals surface area contributed by atoms with Gasteiger partial charge in [-0.3, -0.25) is 5.10 Å². The molecule has 2 aromatic carbocycles. The fourth-order valence-electron chi connectivity index (χ4n) is 4.04. The fraction of sp³-hybridized carbons (Fsp3) is 0.360. The summed E-state index contributed by atoms with van der Waals surface area (Å²) < 4.78 is 11.6. The number of carbonyl (C=O) groups is 1. The van der Waals surface area contributed by atoms with Gasteiger partial charge in [0.15, 0.2) is 0 Å². The number of likely N-dealkylation sites (tertiary alicyclic amines) is 1. The summed E-state index contributed by atoms with van der Waals surface area (Å²) in [5.74, 6) is 1.33. The Morgan fingerprint density at radius 1 is 1.29 bits per heavy atom. The lowest BCUT2D eigenvalue weighted by molar-refractivity contribution is 0.184. The molecule has 3 aromatic rings. The molecule has 34 heavy (non-hydrogen) atoms. The maximum atomic E-state index is 13.2. The summed E-state index contributed by atoms with van der Waals surface area (Å²) in [6.07, 6.45) is 4.53. The number of rotatable bonds is 9. The Bertz CT molecular complexity index is 1090. The summed E-state index contributed by atoms with van der Waals surface area (Å²) in [4.78, 5) is 17.0. The third-order valence-corrected chi connectivity index (χ3v) is 5.86. The zero-order chi connectivity index (χ0) is 23.9. The molecule has 9 nitrogen and oxygen atoms in total. The summed E-state index contributed by atoms with van der Waals surface area (Å²) in [5, 5.41) is 19.4. The third kappa shape index (κ3) is 5.86. The van der Waals surface area contributed by atoms with Crippen LogP contribution in [-0.4, -0.2) is 77.6 Å². The van der Waals surface area contributed by atoms with Crippen molar-refractivity contribution in [3.8, 4) is 22.6 Å². The first-order valence-corrected chi connectivity index (χ1v) is 11.3. The molecule has 0 radical (unpaired) electrons. The number of anilines is 1. The summed E-state index contributed by atoms with van der Waals surface area (Å²) in [6, 6.07) is 12.9. The maximum Gasteiger partial charge on any atom is 0.322 e. The topological polar surface area (TPSA) is 103 Å². The minimum atomic E-state index is -0.318. The van der Waals surface area contributed by atoms with E-state index in [9.17, 15) is 9.90 Å². The van der Waals surface area contributed by atoms with Gasteiger partial charge < -0.3 is 29.7 Å². The molecule has 0 bridgehead atoms. The van der Waals surface area contributed by atoms with E-state index >= 15 is 0 Å². The molecule has 180 valence electrons. The molecule has 0 aliphatic carbocycles. The number of amides is 2. The molecular weight excluding hydrogens is 434 g/mol. The smallest absolute Gasteiger partial charge is 0.322 e. The lowest BCUT2D eigenvalue weighted by Crippen LogP contribution is -2.36. The average Bonchev–Trinajstić information content (AvgIpc) is 3.52. The molecule has 1 aliphatic rings. The molecule has 9 heteroatoms. The van der Waals surface area contributed by atoms with Gasteiger partial charge in [0.25, 0.3) is 0 Å². The molecule has 1 aromatic heterocycles. The molecule has 0 saturated carbocycles. The van der Waals surface area contributed by atoms with Gasteiger partial charge in [0.2, 0.25) is 0 Å². The van der Waals surface area contributed by atoms with Gasteiger partial charge in [-0.25, -0.2) is 4.79 Å². The Morgan fingerprint density at radius 3 is 2.88 bits per heavy atom. The number of methoxy groups -OCH3 is 1. The number of urea groups is 1. The number of H-pyrrole nitrogens is 1. The van der Waals surface area contributed by atoms with Crippen LogP contribution in [0.15, 0.2) is 54.9 Å². The molecule has 2 amide bonds. The number of nitrogens with one attached hydrogen (secondary N) is 2. The Hall–Kier alpha value is -3.56. The van der Waals surface area contributed by atoms with Gasteiger partial charge in [0.05, 0.1) is 25.6 Å². The minimum Gasteiger partial charge on any atom is -0.497 e. The van der Waals surface area contributed by atoms with Crippen molar-refractivity contribution in [3.63, 3.8) is 0 Å². The van der Waals surface area contributed by atoms with E-state index in [1.807, 2.05) is 48.7 Å². The van der Waals surface area contributed by atoms with Crippen molar-refractivity contribution in [1.29, 1.82) is 0 Å². The Morgan fingerprint density at radius 2 is 2.18 bits per heavy atom. The second-order valence-electron chi connectivity index (χ2n) is 8.42. The van der Waals surface area contributed by atoms with Crippen LogP contribution in [-0.2, 0) is 6.54 Å². The van der Waals surface area contributed by atoms with Crippen LogP contribution in [0.3, 0.4) is 0 Å². The summed E-state index contributed by atoms with van der Waals surface area (Å²) in [7, 11) is 3.67. The number of hydrogen-bond acceptors (Lipinski definition) is 6. The SMILES string of the molecule is COc1cccc(CN(CCO)C(=O)Nc2ccc(-c3cn[nH]c3)cc2OC2CCN(C)C2)c1. The molecule has 1 saturated heterocycles. The van der Waals surface area contributed by atoms with Crippen molar-refractivity contribution < 1.29 is 19.4 Å². The van der Waals surface area contributed by atoms with Crippen LogP contribution in [0.1, 0.15) is 12.0 Å². The normalized spacial score (nSPS) is 15.8. The lowest BCUT2D eigenvalue weighted by atomic mass is 10.1. The van der Waals surface area contributed by atoms with E-state index in [1.165, 1.54) is 0 Å². The van der Waals surface area contributed by atoms with Crippen LogP contribution in [0, 0.1) is 0 Å². The molecular formula is C25H31N5O4. The van der Waals surface area contributed by atoms with Gasteiger partial charge in [-0.2, -0.15) is 5.10 Å². The Balaban J connectivity index is 1.55. The number of nitrogens with zero attached hydrogens (tertiary/aromatic N) is 3. The van der Waals surface area contributed by atoms with Gasteiger partial charge in [-0.05, 0) is 48.9 Å². The van der Waals surface area contributed by atoms with Crippen LogP contribution < -0.4 is 14.8 Å². The molecule has 1 aliphatic heterocycles. The fourth-order valence-corrected chi connectivity index (χ4v) is 4.04. The van der Waals surface area contributed by atoms with Crippen molar-refractivity contribution in [2.24, 2.45) is 0 Å². The standard InChI is InChI=1S/C25H31N5O4/c1-29-9-8-22(17-29)34-24-13-19(20-14-26-27-15-20)6-7-23(24)28-25(32)30(10-11-31)16-18-4-3-5-21(12-18)33-2/h3-7,12-15,22,31H,8-11,16-17H2,1-2H3,(H,26,27)(H,28,32). The van der Waals surface area contributed by atoms with E-state index in [1.54, 1.807) is 18.2 Å². The van der Waals surface area contributed by atoms with Crippen LogP contribution in [0.4, 0.5) is 10.5 Å². The summed E-state index contributed by atoms with van der Waals surface area (Å²) in [5.41, 5.74) is 3.37. The predicted octanol–water partition coefficient (Wildman–Crippen LogP) is 3.19. The lowest BCUT2D eigenvalue weighted by Gasteiger charge is -2.24. The van der Waals surface area contributed by atoms with Crippen molar-refractivity contribution in [2.45, 2.75) is 19.1 Å². The van der Waals surface area contributed by atoms with Gasteiger partial charge in [-0.1, -0.05) is 18.2 Å². The second kappa shape index (κ2) is 11.0. The van der Waals surface area contributed by atoms with Gasteiger partial charge in [0, 0.05) is 37.9 Å². The maximum absolute atomic E-state index is 13.2. The number of carbonyl (C=O) groups excluding carboxylic acids is 1. The second-order valence-corrected chi connectivity index (χ2v) is 8.42. The Kier molecular flexibility index (Phi) is 7.66. The van der Waals surface area contributed by atoms with E-state index in [0.29, 0.717) is 23.7 Å². The highest BCUT2D eigenvalue weighted by atomic mass is 16.5. The highest BCUT2D eigenvalue weighted by molar-refractivity contribution is 5.91. The molecule has 0 spiro atoms. The van der Waals surface area contributed by atoms with Crippen LogP contribution in [0.2, 0.25) is 0 Å². The molecule has 1 unspecified atom stereocenters. The quantitative estimate of drug-likeness (QED) is 0.449. The monoisotopic (exact) mass is 465 g/mol. The van der Waals surface area contributed by atoms with E-state index in [0.717, 1.165) is 36.2 Å². The number of likely N-dealkylation sites (N-methyl/N-ethyl adjacent to an activating group) is 1. The largest absolute Gasteiger partial charge is 0.497 e. The van der Waals surface area contributed by atoms with E-state index in [2.05, 4.69) is 27.5 Å². The van der Waals surface area contributed by atoms with Crippen LogP contribution >= 0.6 is 0 Å². The van der Waals surface area contributed by atoms with Gasteiger partial charge in [-0.15, -0.1) is 0 Å². The van der Waals surface area contributed by atoms with E-state index in [4.69, 9.17) is 9.47 Å². The number of ether oxygens (including phenoxy) is 2. The van der Waals surface area contributed by atoms with E-state index in [-0.39, 0.29) is 25.3 Å². The number of aliphatic hydroxyl groups excluding tert-OH is 1. The number of aromatic nitrogens is 2. The summed E-state index contributed by atoms with van der Waals surface area (Å²) >= 11 is 0. The molecule has 1 fully saturated rings. The molecule has 3 N–H and O–H groups in total. The van der Waals surface area contributed by atoms with Crippen molar-refractivity contribution in [3.05, 3.63) is 60.4 Å². The minimum absolute atomic E-state index is 0.0468. The molecule has 4 rings (SSSR count). The number of benzene rings is 2. The first-order valence-electron chi connectivity index (χ1n) is 11.3. The number of aromatic amines is 1. The van der Waals surface area contributed by atoms with Crippen molar-refractivity contribution >= 4 is 11.7 Å². The molecule has 1 atom stereocenters. The molecule has 2 heterocycles. The Labute approximate surface area is 199 Å². The first kappa shape index (κ1) is 23.6. The number of hydrogen-bond donors (Lipinski definition) is 3. The zero-order valence-electron chi connectivity index (χ0n) is 19.5. The van der Waals surface area contributed by atoms with Gasteiger partial charge in [0.1, 0.15) is 17.6 Å². The van der Waals surface area contributed by atoms with Crippen molar-refractivity contribution in [2.75, 3.05) is 45.7 Å². The highest BCUT2D eigenvalue weighted by Gasteiger charge is 2.23. The zero-order valence-corrected chi connectivity index (χ0v) is 19.5. The van der Waals surface area contributed by atoms with Gasteiger partial charge >= 0.3 is 6.03 Å².